The zero-order valence-corrected chi connectivity index (χ0v) is 14.7. The highest BCUT2D eigenvalue weighted by molar-refractivity contribution is 5.91. The molecule has 3 heteroatoms. The van der Waals surface area contributed by atoms with Crippen molar-refractivity contribution < 1.29 is 9.53 Å². The largest absolute Gasteiger partial charge is 0.462 e. The van der Waals surface area contributed by atoms with Gasteiger partial charge >= 0.3 is 5.97 Å². The van der Waals surface area contributed by atoms with Crippen molar-refractivity contribution in [2.24, 2.45) is 0 Å². The van der Waals surface area contributed by atoms with Gasteiger partial charge in [0, 0.05) is 19.8 Å². The molecule has 0 saturated heterocycles. The molecule has 1 aromatic rings. The predicted molar refractivity (Wildman–Crippen MR) is 93.8 cm³/mol. The Morgan fingerprint density at radius 1 is 1.05 bits per heavy atom. The zero-order chi connectivity index (χ0) is 16.4. The van der Waals surface area contributed by atoms with Crippen LogP contribution in [0.1, 0.15) is 68.3 Å². The third kappa shape index (κ3) is 6.08. The minimum atomic E-state index is -0.200. The second kappa shape index (κ2) is 10.3. The normalized spacial score (nSPS) is 10.5. The van der Waals surface area contributed by atoms with Gasteiger partial charge in [-0.2, -0.15) is 0 Å². The summed E-state index contributed by atoms with van der Waals surface area (Å²) in [5, 5.41) is 0. The van der Waals surface area contributed by atoms with Crippen LogP contribution in [0.5, 0.6) is 0 Å². The highest BCUT2D eigenvalue weighted by Gasteiger charge is 2.13. The first-order chi connectivity index (χ1) is 10.6. The number of rotatable bonds is 10. The SMILES string of the molecule is CCCCCCCCc1cc(N(C)C)ccc1C(=O)OCC. The Morgan fingerprint density at radius 3 is 2.36 bits per heavy atom. The molecule has 124 valence electrons. The fourth-order valence-corrected chi connectivity index (χ4v) is 2.57. The molecule has 0 unspecified atom stereocenters. The molecule has 0 N–H and O–H groups in total. The fourth-order valence-electron chi connectivity index (χ4n) is 2.57. The zero-order valence-electron chi connectivity index (χ0n) is 14.7. The number of ether oxygens (including phenoxy) is 1. The lowest BCUT2D eigenvalue weighted by molar-refractivity contribution is 0.0525. The fraction of sp³-hybridized carbons (Fsp3) is 0.632. The Bertz CT molecular complexity index is 455. The molecule has 3 nitrogen and oxygen atoms in total. The van der Waals surface area contributed by atoms with Gasteiger partial charge in [-0.05, 0) is 43.5 Å². The Hall–Kier alpha value is -1.51. The minimum absolute atomic E-state index is 0.200. The van der Waals surface area contributed by atoms with Gasteiger partial charge < -0.3 is 9.64 Å². The molecule has 1 rings (SSSR count). The molecule has 0 atom stereocenters. The van der Waals surface area contributed by atoms with Crippen LogP contribution in [0.25, 0.3) is 0 Å². The number of benzene rings is 1. The molecule has 0 spiro atoms. The molecule has 22 heavy (non-hydrogen) atoms. The van der Waals surface area contributed by atoms with Crippen LogP contribution in [0.4, 0.5) is 5.69 Å². The maximum absolute atomic E-state index is 12.1. The van der Waals surface area contributed by atoms with E-state index in [-0.39, 0.29) is 5.97 Å². The first-order valence-corrected chi connectivity index (χ1v) is 8.57. The highest BCUT2D eigenvalue weighted by atomic mass is 16.5. The van der Waals surface area contributed by atoms with Crippen LogP contribution < -0.4 is 4.90 Å². The molecule has 0 saturated carbocycles. The molecular formula is C19H31NO2. The van der Waals surface area contributed by atoms with Crippen molar-refractivity contribution in [3.63, 3.8) is 0 Å². The van der Waals surface area contributed by atoms with Gasteiger partial charge in [0.1, 0.15) is 0 Å². The van der Waals surface area contributed by atoms with Crippen LogP contribution in [0.15, 0.2) is 18.2 Å². The van der Waals surface area contributed by atoms with Crippen molar-refractivity contribution in [3.8, 4) is 0 Å². The summed E-state index contributed by atoms with van der Waals surface area (Å²) in [6, 6.07) is 6.01. The molecule has 0 fully saturated rings. The summed E-state index contributed by atoms with van der Waals surface area (Å²) in [6.07, 6.45) is 8.51. The first kappa shape index (κ1) is 18.5. The summed E-state index contributed by atoms with van der Waals surface area (Å²) in [6.45, 7) is 4.50. The Labute approximate surface area is 135 Å². The van der Waals surface area contributed by atoms with Gasteiger partial charge in [0.05, 0.1) is 12.2 Å². The lowest BCUT2D eigenvalue weighted by atomic mass is 9.99. The van der Waals surface area contributed by atoms with Crippen LogP contribution in [-0.4, -0.2) is 26.7 Å². The van der Waals surface area contributed by atoms with E-state index in [1.807, 2.05) is 33.2 Å². The van der Waals surface area contributed by atoms with Gasteiger partial charge in [-0.3, -0.25) is 0 Å². The summed E-state index contributed by atoms with van der Waals surface area (Å²) in [7, 11) is 4.04. The standard InChI is InChI=1S/C19H31NO2/c1-5-7-8-9-10-11-12-16-15-17(20(3)4)13-14-18(16)19(21)22-6-2/h13-15H,5-12H2,1-4H3. The molecular weight excluding hydrogens is 274 g/mol. The number of hydrogen-bond donors (Lipinski definition) is 0. The van der Waals surface area contributed by atoms with E-state index in [4.69, 9.17) is 4.74 Å². The monoisotopic (exact) mass is 305 g/mol. The van der Waals surface area contributed by atoms with Crippen LogP contribution in [0, 0.1) is 0 Å². The van der Waals surface area contributed by atoms with Gasteiger partial charge in [0.2, 0.25) is 0 Å². The number of carbonyl (C=O) groups excluding carboxylic acids is 1. The summed E-state index contributed by atoms with van der Waals surface area (Å²) < 4.78 is 5.18. The lowest BCUT2D eigenvalue weighted by Gasteiger charge is -2.16. The first-order valence-electron chi connectivity index (χ1n) is 8.57. The van der Waals surface area contributed by atoms with E-state index in [2.05, 4.69) is 17.9 Å². The van der Waals surface area contributed by atoms with Crippen LogP contribution in [0.2, 0.25) is 0 Å². The van der Waals surface area contributed by atoms with Crippen LogP contribution in [-0.2, 0) is 11.2 Å². The molecule has 1 aromatic carbocycles. The molecule has 0 radical (unpaired) electrons. The van der Waals surface area contributed by atoms with E-state index in [0.29, 0.717) is 6.61 Å². The Kier molecular flexibility index (Phi) is 8.64. The molecule has 0 aliphatic heterocycles. The van der Waals surface area contributed by atoms with E-state index in [1.54, 1.807) is 0 Å². The molecule has 0 bridgehead atoms. The third-order valence-electron chi connectivity index (χ3n) is 3.90. The lowest BCUT2D eigenvalue weighted by Crippen LogP contribution is -2.12. The van der Waals surface area contributed by atoms with E-state index in [9.17, 15) is 4.79 Å². The quantitative estimate of drug-likeness (QED) is 0.458. The van der Waals surface area contributed by atoms with Gasteiger partial charge in [-0.15, -0.1) is 0 Å². The highest BCUT2D eigenvalue weighted by Crippen LogP contribution is 2.21. The predicted octanol–water partition coefficient (Wildman–Crippen LogP) is 4.83. The van der Waals surface area contributed by atoms with Gasteiger partial charge in [-0.25, -0.2) is 4.79 Å². The van der Waals surface area contributed by atoms with Crippen molar-refractivity contribution in [2.75, 3.05) is 25.6 Å². The summed E-state index contributed by atoms with van der Waals surface area (Å²) in [4.78, 5) is 14.2. The minimum Gasteiger partial charge on any atom is -0.462 e. The van der Waals surface area contributed by atoms with Crippen LogP contribution in [0.3, 0.4) is 0 Å². The number of unbranched alkanes of at least 4 members (excludes halogenated alkanes) is 5. The van der Waals surface area contributed by atoms with Crippen molar-refractivity contribution in [1.82, 2.24) is 0 Å². The maximum Gasteiger partial charge on any atom is 0.338 e. The molecule has 0 aliphatic rings. The van der Waals surface area contributed by atoms with Crippen molar-refractivity contribution in [1.29, 1.82) is 0 Å². The Balaban J connectivity index is 2.70. The van der Waals surface area contributed by atoms with Crippen molar-refractivity contribution in [2.45, 2.75) is 58.8 Å². The maximum atomic E-state index is 12.1. The van der Waals surface area contributed by atoms with E-state index in [0.717, 1.165) is 29.7 Å². The molecule has 0 aromatic heterocycles. The average molecular weight is 305 g/mol. The topological polar surface area (TPSA) is 29.5 Å². The number of anilines is 1. The van der Waals surface area contributed by atoms with Gasteiger partial charge in [-0.1, -0.05) is 39.0 Å². The van der Waals surface area contributed by atoms with E-state index in [1.165, 1.54) is 32.1 Å². The number of hydrogen-bond acceptors (Lipinski definition) is 3. The number of esters is 1. The molecule has 0 aliphatic carbocycles. The van der Waals surface area contributed by atoms with Crippen molar-refractivity contribution >= 4 is 11.7 Å². The van der Waals surface area contributed by atoms with E-state index >= 15 is 0 Å². The summed E-state index contributed by atoms with van der Waals surface area (Å²) >= 11 is 0. The average Bonchev–Trinajstić information content (AvgIpc) is 2.50. The number of carbonyl (C=O) groups is 1. The van der Waals surface area contributed by atoms with Crippen LogP contribution >= 0.6 is 0 Å². The summed E-state index contributed by atoms with van der Waals surface area (Å²) in [5.74, 6) is -0.200. The molecule has 0 heterocycles. The number of nitrogens with zero attached hydrogens (tertiary/aromatic N) is 1. The number of aryl methyl sites for hydroxylation is 1. The third-order valence-corrected chi connectivity index (χ3v) is 3.90. The second-order valence-electron chi connectivity index (χ2n) is 5.97. The second-order valence-corrected chi connectivity index (χ2v) is 5.97. The van der Waals surface area contributed by atoms with Gasteiger partial charge in [0.25, 0.3) is 0 Å². The van der Waals surface area contributed by atoms with Crippen molar-refractivity contribution in [3.05, 3.63) is 29.3 Å². The smallest absolute Gasteiger partial charge is 0.338 e. The van der Waals surface area contributed by atoms with E-state index < -0.39 is 0 Å². The Morgan fingerprint density at radius 2 is 1.73 bits per heavy atom. The molecule has 0 amide bonds. The van der Waals surface area contributed by atoms with Gasteiger partial charge in [0.15, 0.2) is 0 Å². The summed E-state index contributed by atoms with van der Waals surface area (Å²) in [5.41, 5.74) is 2.97.